The van der Waals surface area contributed by atoms with Gasteiger partial charge in [0.25, 0.3) is 0 Å². The molecule has 0 aliphatic heterocycles. The highest BCUT2D eigenvalue weighted by Crippen LogP contribution is 2.68. The van der Waals surface area contributed by atoms with Gasteiger partial charge in [-0.15, -0.1) is 0 Å². The Hall–Kier alpha value is -1.14. The van der Waals surface area contributed by atoms with Crippen molar-refractivity contribution in [2.75, 3.05) is 6.61 Å². The zero-order valence-electron chi connectivity index (χ0n) is 18.1. The van der Waals surface area contributed by atoms with Gasteiger partial charge in [-0.1, -0.05) is 25.9 Å². The number of oxime groups is 1. The van der Waals surface area contributed by atoms with Crippen LogP contribution in [0.1, 0.15) is 78.6 Å². The lowest BCUT2D eigenvalue weighted by Gasteiger charge is -2.61. The van der Waals surface area contributed by atoms with Crippen LogP contribution in [-0.2, 0) is 9.63 Å². The molecular formula is C23H37NO5. The summed E-state index contributed by atoms with van der Waals surface area (Å²) in [5, 5.41) is 35.0. The Morgan fingerprint density at radius 3 is 2.66 bits per heavy atom. The second-order valence-corrected chi connectivity index (χ2v) is 10.7. The van der Waals surface area contributed by atoms with Crippen LogP contribution in [0.5, 0.6) is 0 Å². The highest BCUT2D eigenvalue weighted by Gasteiger charge is 2.66. The molecule has 0 bridgehead atoms. The number of aliphatic hydroxyl groups excluding tert-OH is 1. The van der Waals surface area contributed by atoms with Gasteiger partial charge >= 0.3 is 5.97 Å². The molecule has 4 fully saturated rings. The third-order valence-corrected chi connectivity index (χ3v) is 9.83. The molecule has 0 radical (unpaired) electrons. The normalized spacial score (nSPS) is 50.5. The first-order chi connectivity index (χ1) is 13.7. The SMILES string of the molecule is CC[C@]1(O)[C@@H](O)C[C@H]2[C@@H]3CC[C@H]4C/C(=N/OCC(=O)O)CC[C@]4(C)[C@H]3CC[C@@]21C. The molecule has 0 unspecified atom stereocenters. The summed E-state index contributed by atoms with van der Waals surface area (Å²) in [5.41, 5.74) is 0.129. The number of aliphatic hydroxyl groups is 2. The largest absolute Gasteiger partial charge is 0.479 e. The van der Waals surface area contributed by atoms with Crippen LogP contribution in [0, 0.1) is 34.5 Å². The van der Waals surface area contributed by atoms with E-state index in [-0.39, 0.29) is 17.4 Å². The number of rotatable bonds is 4. The van der Waals surface area contributed by atoms with Crippen LogP contribution >= 0.6 is 0 Å². The van der Waals surface area contributed by atoms with Gasteiger partial charge in [0.1, 0.15) is 0 Å². The van der Waals surface area contributed by atoms with Crippen molar-refractivity contribution in [3.8, 4) is 0 Å². The van der Waals surface area contributed by atoms with Crippen molar-refractivity contribution in [2.45, 2.75) is 90.3 Å². The summed E-state index contributed by atoms with van der Waals surface area (Å²) >= 11 is 0. The molecule has 3 N–H and O–H groups in total. The van der Waals surface area contributed by atoms with E-state index in [1.807, 2.05) is 6.92 Å². The Bertz CT molecular complexity index is 695. The molecule has 4 saturated carbocycles. The molecule has 29 heavy (non-hydrogen) atoms. The molecule has 4 aliphatic carbocycles. The number of nitrogens with zero attached hydrogens (tertiary/aromatic N) is 1. The molecule has 0 aromatic rings. The monoisotopic (exact) mass is 407 g/mol. The fraction of sp³-hybridized carbons (Fsp3) is 0.913. The first kappa shape index (κ1) is 21.1. The second-order valence-electron chi connectivity index (χ2n) is 10.7. The maximum Gasteiger partial charge on any atom is 0.344 e. The number of hydrogen-bond acceptors (Lipinski definition) is 5. The summed E-state index contributed by atoms with van der Waals surface area (Å²) in [5.74, 6) is 1.17. The average Bonchev–Trinajstić information content (AvgIpc) is 2.89. The van der Waals surface area contributed by atoms with Gasteiger partial charge in [0.2, 0.25) is 6.61 Å². The molecule has 0 amide bonds. The van der Waals surface area contributed by atoms with Gasteiger partial charge in [-0.25, -0.2) is 4.79 Å². The van der Waals surface area contributed by atoms with E-state index in [4.69, 9.17) is 9.94 Å². The molecule has 0 saturated heterocycles. The Labute approximate surface area is 173 Å². The van der Waals surface area contributed by atoms with E-state index in [2.05, 4.69) is 19.0 Å². The van der Waals surface area contributed by atoms with Gasteiger partial charge in [0, 0.05) is 5.41 Å². The maximum absolute atomic E-state index is 11.3. The van der Waals surface area contributed by atoms with Crippen molar-refractivity contribution in [1.82, 2.24) is 0 Å². The Balaban J connectivity index is 1.52. The molecule has 8 atom stereocenters. The summed E-state index contributed by atoms with van der Waals surface area (Å²) in [7, 11) is 0. The van der Waals surface area contributed by atoms with Crippen LogP contribution in [0.3, 0.4) is 0 Å². The lowest BCUT2D eigenvalue weighted by atomic mass is 9.44. The van der Waals surface area contributed by atoms with E-state index in [0.29, 0.717) is 30.1 Å². The van der Waals surface area contributed by atoms with Crippen molar-refractivity contribution in [3.63, 3.8) is 0 Å². The van der Waals surface area contributed by atoms with Crippen LogP contribution in [-0.4, -0.2) is 45.3 Å². The average molecular weight is 408 g/mol. The standard InChI is InChI=1S/C23H37NO5/c1-4-23(28)19(25)12-18-16-6-5-14-11-15(24-29-13-20(26)27)7-9-21(14,2)17(16)8-10-22(18,23)3/h14,16-19,25,28H,4-13H2,1-3H3,(H,26,27)/b24-15+/t14-,16+,17-,18-,19-,21-,22-,23-/m0/s1. The lowest BCUT2D eigenvalue weighted by Crippen LogP contribution is -2.57. The molecule has 164 valence electrons. The quantitative estimate of drug-likeness (QED) is 0.619. The minimum absolute atomic E-state index is 0.183. The van der Waals surface area contributed by atoms with Crippen LogP contribution < -0.4 is 0 Å². The molecule has 0 aromatic carbocycles. The van der Waals surface area contributed by atoms with Crippen molar-refractivity contribution in [2.24, 2.45) is 39.7 Å². The Morgan fingerprint density at radius 2 is 1.97 bits per heavy atom. The molecule has 0 heterocycles. The van der Waals surface area contributed by atoms with Crippen LogP contribution in [0.2, 0.25) is 0 Å². The molecule has 6 nitrogen and oxygen atoms in total. The number of hydrogen-bond donors (Lipinski definition) is 3. The van der Waals surface area contributed by atoms with Gasteiger partial charge in [0.05, 0.1) is 17.4 Å². The molecule has 4 aliphatic rings. The molecule has 6 heteroatoms. The maximum atomic E-state index is 11.3. The number of carbonyl (C=O) groups is 1. The molecule has 0 spiro atoms. The van der Waals surface area contributed by atoms with E-state index in [0.717, 1.165) is 57.1 Å². The van der Waals surface area contributed by atoms with Crippen molar-refractivity contribution in [3.05, 3.63) is 0 Å². The van der Waals surface area contributed by atoms with Gasteiger partial charge in [0.15, 0.2) is 0 Å². The number of carboxylic acid groups (broad SMARTS) is 1. The van der Waals surface area contributed by atoms with Crippen LogP contribution in [0.25, 0.3) is 0 Å². The second kappa shape index (κ2) is 7.23. The van der Waals surface area contributed by atoms with E-state index in [1.54, 1.807) is 0 Å². The highest BCUT2D eigenvalue weighted by molar-refractivity contribution is 5.85. The summed E-state index contributed by atoms with van der Waals surface area (Å²) < 4.78 is 0. The highest BCUT2D eigenvalue weighted by atomic mass is 16.6. The zero-order chi connectivity index (χ0) is 21.0. The fourth-order valence-corrected chi connectivity index (χ4v) is 8.07. The van der Waals surface area contributed by atoms with E-state index < -0.39 is 17.7 Å². The lowest BCUT2D eigenvalue weighted by molar-refractivity contribution is -0.166. The number of aliphatic carboxylic acids is 1. The van der Waals surface area contributed by atoms with Crippen molar-refractivity contribution < 1.29 is 25.0 Å². The van der Waals surface area contributed by atoms with Crippen LogP contribution in [0.4, 0.5) is 0 Å². The summed E-state index contributed by atoms with van der Waals surface area (Å²) in [6.07, 6.45) is 8.01. The fourth-order valence-electron chi connectivity index (χ4n) is 8.07. The molecular weight excluding hydrogens is 370 g/mol. The Kier molecular flexibility index (Phi) is 5.26. The first-order valence-corrected chi connectivity index (χ1v) is 11.5. The van der Waals surface area contributed by atoms with E-state index in [1.165, 1.54) is 0 Å². The van der Waals surface area contributed by atoms with Crippen LogP contribution in [0.15, 0.2) is 5.16 Å². The van der Waals surface area contributed by atoms with Gasteiger partial charge in [-0.3, -0.25) is 0 Å². The van der Waals surface area contributed by atoms with E-state index >= 15 is 0 Å². The smallest absolute Gasteiger partial charge is 0.344 e. The predicted octanol–water partition coefficient (Wildman–Crippen LogP) is 3.60. The van der Waals surface area contributed by atoms with Gasteiger partial charge < -0.3 is 20.2 Å². The Morgan fingerprint density at radius 1 is 1.21 bits per heavy atom. The summed E-state index contributed by atoms with van der Waals surface area (Å²) in [6.45, 7) is 6.31. The number of fused-ring (bicyclic) bond motifs is 5. The van der Waals surface area contributed by atoms with E-state index in [9.17, 15) is 15.0 Å². The minimum Gasteiger partial charge on any atom is -0.479 e. The van der Waals surface area contributed by atoms with Crippen molar-refractivity contribution in [1.29, 1.82) is 0 Å². The summed E-state index contributed by atoms with van der Waals surface area (Å²) in [4.78, 5) is 15.7. The van der Waals surface area contributed by atoms with Gasteiger partial charge in [-0.05, 0) is 86.9 Å². The van der Waals surface area contributed by atoms with Gasteiger partial charge in [-0.2, -0.15) is 0 Å². The third kappa shape index (κ3) is 3.04. The zero-order valence-corrected chi connectivity index (χ0v) is 18.1. The van der Waals surface area contributed by atoms with Crippen molar-refractivity contribution >= 4 is 11.7 Å². The topological polar surface area (TPSA) is 99.4 Å². The predicted molar refractivity (Wildman–Crippen MR) is 109 cm³/mol. The molecule has 0 aromatic heterocycles. The minimum atomic E-state index is -0.994. The number of carboxylic acids is 1. The summed E-state index contributed by atoms with van der Waals surface area (Å²) in [6, 6.07) is 0. The molecule has 4 rings (SSSR count). The first-order valence-electron chi connectivity index (χ1n) is 11.5. The third-order valence-electron chi connectivity index (χ3n) is 9.83.